The summed E-state index contributed by atoms with van der Waals surface area (Å²) in [6, 6.07) is 10.9. The number of nitrogens with zero attached hydrogens (tertiary/aromatic N) is 3. The smallest absolute Gasteiger partial charge is 0.360 e. The van der Waals surface area contributed by atoms with Crippen LogP contribution in [-0.2, 0) is 12.7 Å². The van der Waals surface area contributed by atoms with Gasteiger partial charge in [-0.05, 0) is 42.0 Å². The quantitative estimate of drug-likeness (QED) is 0.406. The summed E-state index contributed by atoms with van der Waals surface area (Å²) in [7, 11) is 0. The Labute approximate surface area is 167 Å². The van der Waals surface area contributed by atoms with Crippen molar-refractivity contribution in [2.75, 3.05) is 10.6 Å². The fraction of sp³-hybridized carbons (Fsp3) is 0.111. The van der Waals surface area contributed by atoms with Crippen LogP contribution in [0.2, 0.25) is 5.02 Å². The molecule has 3 rings (SSSR count). The molecule has 2 N–H and O–H groups in total. The Bertz CT molecular complexity index is 1010. The van der Waals surface area contributed by atoms with Crippen molar-refractivity contribution in [3.05, 3.63) is 81.1 Å². The van der Waals surface area contributed by atoms with Crippen LogP contribution in [0.25, 0.3) is 0 Å². The van der Waals surface area contributed by atoms with Crippen molar-refractivity contribution < 1.29 is 18.1 Å². The van der Waals surface area contributed by atoms with Crippen LogP contribution in [0.15, 0.2) is 54.9 Å². The molecule has 0 bridgehead atoms. The third-order valence-corrected chi connectivity index (χ3v) is 4.11. The molecule has 29 heavy (non-hydrogen) atoms. The summed E-state index contributed by atoms with van der Waals surface area (Å²) in [6.07, 6.45) is -3.36. The van der Waals surface area contributed by atoms with Crippen molar-refractivity contribution in [1.29, 1.82) is 0 Å². The zero-order chi connectivity index (χ0) is 21.0. The molecule has 0 fully saturated rings. The highest BCUT2D eigenvalue weighted by Gasteiger charge is 2.30. The fourth-order valence-electron chi connectivity index (χ4n) is 2.44. The van der Waals surface area contributed by atoms with Crippen LogP contribution in [0, 0.1) is 10.1 Å². The molecule has 0 aliphatic heterocycles. The number of aromatic nitrogens is 2. The van der Waals surface area contributed by atoms with Gasteiger partial charge in [0.2, 0.25) is 11.6 Å². The van der Waals surface area contributed by atoms with Gasteiger partial charge < -0.3 is 10.6 Å². The van der Waals surface area contributed by atoms with E-state index in [-0.39, 0.29) is 23.9 Å². The van der Waals surface area contributed by atoms with Crippen LogP contribution in [0.4, 0.5) is 36.2 Å². The molecule has 3 aromatic rings. The Morgan fingerprint density at radius 1 is 1.00 bits per heavy atom. The summed E-state index contributed by atoms with van der Waals surface area (Å²) < 4.78 is 38.0. The van der Waals surface area contributed by atoms with Crippen molar-refractivity contribution in [3.63, 3.8) is 0 Å². The highest BCUT2D eigenvalue weighted by molar-refractivity contribution is 6.30. The molecule has 1 heterocycles. The first-order valence-corrected chi connectivity index (χ1v) is 8.54. The number of halogens is 4. The number of nitro groups is 1. The molecule has 0 radical (unpaired) electrons. The molecule has 0 aliphatic rings. The van der Waals surface area contributed by atoms with E-state index in [1.54, 1.807) is 24.3 Å². The summed E-state index contributed by atoms with van der Waals surface area (Å²) >= 11 is 5.83. The maximum absolute atomic E-state index is 12.7. The highest BCUT2D eigenvalue weighted by atomic mass is 35.5. The van der Waals surface area contributed by atoms with Crippen LogP contribution < -0.4 is 10.6 Å². The van der Waals surface area contributed by atoms with E-state index in [0.29, 0.717) is 5.02 Å². The lowest BCUT2D eigenvalue weighted by Crippen LogP contribution is -2.08. The first-order chi connectivity index (χ1) is 13.7. The summed E-state index contributed by atoms with van der Waals surface area (Å²) in [5.41, 5.74) is -0.227. The summed E-state index contributed by atoms with van der Waals surface area (Å²) in [6.45, 7) is 0.245. The minimum atomic E-state index is -4.47. The van der Waals surface area contributed by atoms with Gasteiger partial charge in [-0.2, -0.15) is 13.2 Å². The van der Waals surface area contributed by atoms with Gasteiger partial charge in [0.05, 0.1) is 10.5 Å². The van der Waals surface area contributed by atoms with Gasteiger partial charge in [0, 0.05) is 17.3 Å². The van der Waals surface area contributed by atoms with Gasteiger partial charge in [0.15, 0.2) is 0 Å². The zero-order valence-electron chi connectivity index (χ0n) is 14.6. The second-order valence-corrected chi connectivity index (χ2v) is 6.29. The van der Waals surface area contributed by atoms with E-state index in [1.165, 1.54) is 0 Å². The first-order valence-electron chi connectivity index (χ1n) is 8.16. The maximum atomic E-state index is 12.7. The van der Waals surface area contributed by atoms with E-state index in [4.69, 9.17) is 11.6 Å². The van der Waals surface area contributed by atoms with Crippen LogP contribution in [0.1, 0.15) is 11.1 Å². The Morgan fingerprint density at radius 3 is 2.21 bits per heavy atom. The number of nitrogens with one attached hydrogen (secondary N) is 2. The van der Waals surface area contributed by atoms with E-state index < -0.39 is 22.4 Å². The molecule has 1 aromatic heterocycles. The molecule has 0 amide bonds. The summed E-state index contributed by atoms with van der Waals surface area (Å²) in [4.78, 5) is 18.6. The van der Waals surface area contributed by atoms with Gasteiger partial charge in [-0.25, -0.2) is 9.97 Å². The molecule has 7 nitrogen and oxygen atoms in total. The standard InChI is InChI=1S/C18H13ClF3N5O2/c19-13-5-1-11(2-6-13)9-23-16-15(27(28)29)17(25-10-24-16)26-14-7-3-12(4-8-14)18(20,21)22/h1-8,10H,9H2,(H2,23,24,25,26). The third-order valence-electron chi connectivity index (χ3n) is 3.85. The van der Waals surface area contributed by atoms with Crippen molar-refractivity contribution in [3.8, 4) is 0 Å². The van der Waals surface area contributed by atoms with Gasteiger partial charge in [0.25, 0.3) is 0 Å². The SMILES string of the molecule is O=[N+]([O-])c1c(NCc2ccc(Cl)cc2)ncnc1Nc1ccc(C(F)(F)F)cc1. The van der Waals surface area contributed by atoms with E-state index in [0.717, 1.165) is 36.2 Å². The monoisotopic (exact) mass is 423 g/mol. The van der Waals surface area contributed by atoms with E-state index in [2.05, 4.69) is 20.6 Å². The minimum absolute atomic E-state index is 0.0330. The lowest BCUT2D eigenvalue weighted by Gasteiger charge is -2.11. The summed E-state index contributed by atoms with van der Waals surface area (Å²) in [5.74, 6) is -0.183. The van der Waals surface area contributed by atoms with Crippen LogP contribution in [0.3, 0.4) is 0 Å². The number of alkyl halides is 3. The first kappa shape index (κ1) is 20.3. The van der Waals surface area contributed by atoms with E-state index in [1.807, 2.05) is 0 Å². The van der Waals surface area contributed by atoms with Crippen molar-refractivity contribution in [2.45, 2.75) is 12.7 Å². The minimum Gasteiger partial charge on any atom is -0.360 e. The number of rotatable bonds is 6. The fourth-order valence-corrected chi connectivity index (χ4v) is 2.57. The normalized spacial score (nSPS) is 11.2. The molecule has 0 spiro atoms. The molecular weight excluding hydrogens is 411 g/mol. The summed E-state index contributed by atoms with van der Waals surface area (Å²) in [5, 5.41) is 17.6. The van der Waals surface area contributed by atoms with Crippen molar-refractivity contribution >= 4 is 34.6 Å². The lowest BCUT2D eigenvalue weighted by molar-refractivity contribution is -0.383. The predicted molar refractivity (Wildman–Crippen MR) is 102 cm³/mol. The number of anilines is 3. The Morgan fingerprint density at radius 2 is 1.62 bits per heavy atom. The average molecular weight is 424 g/mol. The topological polar surface area (TPSA) is 93.0 Å². The van der Waals surface area contributed by atoms with Gasteiger partial charge >= 0.3 is 11.9 Å². The largest absolute Gasteiger partial charge is 0.416 e. The molecule has 0 aliphatic carbocycles. The zero-order valence-corrected chi connectivity index (χ0v) is 15.3. The van der Waals surface area contributed by atoms with Gasteiger partial charge in [0.1, 0.15) is 6.33 Å². The molecule has 0 atom stereocenters. The van der Waals surface area contributed by atoms with E-state index >= 15 is 0 Å². The predicted octanol–water partition coefficient (Wildman–Crippen LogP) is 5.41. The number of hydrogen-bond donors (Lipinski definition) is 2. The van der Waals surface area contributed by atoms with Crippen LogP contribution in [0.5, 0.6) is 0 Å². The Kier molecular flexibility index (Phi) is 5.83. The molecule has 2 aromatic carbocycles. The van der Waals surface area contributed by atoms with Gasteiger partial charge in [-0.3, -0.25) is 10.1 Å². The van der Waals surface area contributed by atoms with Crippen molar-refractivity contribution in [2.24, 2.45) is 0 Å². The molecule has 0 saturated heterocycles. The number of benzene rings is 2. The molecule has 150 valence electrons. The molecule has 11 heteroatoms. The number of hydrogen-bond acceptors (Lipinski definition) is 6. The second kappa shape index (κ2) is 8.31. The average Bonchev–Trinajstić information content (AvgIpc) is 2.67. The highest BCUT2D eigenvalue weighted by Crippen LogP contribution is 2.33. The molecule has 0 unspecified atom stereocenters. The second-order valence-electron chi connectivity index (χ2n) is 5.86. The Hall–Kier alpha value is -3.40. The van der Waals surface area contributed by atoms with Gasteiger partial charge in [-0.1, -0.05) is 23.7 Å². The Balaban J connectivity index is 1.82. The van der Waals surface area contributed by atoms with Crippen molar-refractivity contribution in [1.82, 2.24) is 9.97 Å². The molecule has 0 saturated carbocycles. The lowest BCUT2D eigenvalue weighted by atomic mass is 10.2. The maximum Gasteiger partial charge on any atom is 0.416 e. The van der Waals surface area contributed by atoms with Crippen LogP contribution >= 0.6 is 11.6 Å². The van der Waals surface area contributed by atoms with Crippen LogP contribution in [-0.4, -0.2) is 14.9 Å². The van der Waals surface area contributed by atoms with Gasteiger partial charge in [-0.15, -0.1) is 0 Å². The van der Waals surface area contributed by atoms with E-state index in [9.17, 15) is 23.3 Å². The molecular formula is C18H13ClF3N5O2. The third kappa shape index (κ3) is 5.11.